The fraction of sp³-hybridized carbons (Fsp3) is 0.548. The third-order valence-electron chi connectivity index (χ3n) is 8.75. The number of anilines is 1. The van der Waals surface area contributed by atoms with Crippen molar-refractivity contribution in [3.05, 3.63) is 65.7 Å². The summed E-state index contributed by atoms with van der Waals surface area (Å²) in [5.74, 6) is 3.19. The van der Waals surface area contributed by atoms with Crippen LogP contribution in [0.3, 0.4) is 0 Å². The number of rotatable bonds is 9. The minimum absolute atomic E-state index is 0.0436. The van der Waals surface area contributed by atoms with Gasteiger partial charge in [-0.05, 0) is 62.6 Å². The molecule has 1 aromatic heterocycles. The Kier molecular flexibility index (Phi) is 8.19. The monoisotopic (exact) mass is 532 g/mol. The molecular weight excluding hydrogens is 492 g/mol. The van der Waals surface area contributed by atoms with Crippen LogP contribution < -0.4 is 15.0 Å². The van der Waals surface area contributed by atoms with Crippen LogP contribution in [0.1, 0.15) is 43.2 Å². The van der Waals surface area contributed by atoms with Crippen LogP contribution in [-0.4, -0.2) is 68.0 Å². The van der Waals surface area contributed by atoms with Gasteiger partial charge in [0.05, 0.1) is 6.61 Å². The number of amides is 1. The predicted octanol–water partition coefficient (Wildman–Crippen LogP) is 3.91. The number of piperazine rings is 1. The number of ether oxygens (including phenoxy) is 3. The number of nitrogens with zero attached hydrogens (tertiary/aromatic N) is 3. The molecule has 1 saturated carbocycles. The number of benzene rings is 1. The third kappa shape index (κ3) is 6.32. The van der Waals surface area contributed by atoms with Crippen LogP contribution >= 0.6 is 0 Å². The van der Waals surface area contributed by atoms with Crippen molar-refractivity contribution in [1.29, 1.82) is 0 Å². The van der Waals surface area contributed by atoms with E-state index in [1.165, 1.54) is 24.8 Å². The Hall–Kier alpha value is -3.26. The second kappa shape index (κ2) is 12.3. The summed E-state index contributed by atoms with van der Waals surface area (Å²) in [5, 5.41) is 3.33. The first kappa shape index (κ1) is 26.0. The zero-order valence-electron chi connectivity index (χ0n) is 22.7. The van der Waals surface area contributed by atoms with Gasteiger partial charge in [-0.3, -0.25) is 9.69 Å². The van der Waals surface area contributed by atoms with E-state index in [4.69, 9.17) is 14.2 Å². The van der Waals surface area contributed by atoms with E-state index in [1.807, 2.05) is 30.5 Å². The molecule has 0 radical (unpaired) electrons. The standard InChI is InChI=1S/C31H40N4O4/c36-31(27(29-21-37-22-39-29)20-24-4-2-1-3-5-24)33-25-8-6-23(7-9-25)11-14-34-15-17-35(18-16-34)30-26-12-19-38-28(26)10-13-32-30/h1-5,10,13,21,23,25,27H,6-9,11-12,14-20,22H2,(H,33,36). The fourth-order valence-electron chi connectivity index (χ4n) is 6.42. The molecule has 1 aromatic carbocycles. The molecule has 8 nitrogen and oxygen atoms in total. The first-order valence-electron chi connectivity index (χ1n) is 14.6. The Bertz CT molecular complexity index is 1140. The quantitative estimate of drug-likeness (QED) is 0.525. The van der Waals surface area contributed by atoms with Crippen LogP contribution in [0.15, 0.2) is 54.6 Å². The summed E-state index contributed by atoms with van der Waals surface area (Å²) in [5.41, 5.74) is 2.40. The number of fused-ring (bicyclic) bond motifs is 1. The molecular formula is C31H40N4O4. The first-order valence-corrected chi connectivity index (χ1v) is 14.6. The molecule has 3 aliphatic heterocycles. The molecule has 1 N–H and O–H groups in total. The minimum atomic E-state index is -0.356. The number of carbonyl (C=O) groups is 1. The van der Waals surface area contributed by atoms with E-state index >= 15 is 0 Å². The molecule has 2 aromatic rings. The lowest BCUT2D eigenvalue weighted by atomic mass is 9.83. The van der Waals surface area contributed by atoms with Gasteiger partial charge in [-0.2, -0.15) is 0 Å². The van der Waals surface area contributed by atoms with Crippen LogP contribution in [0.4, 0.5) is 5.82 Å². The summed E-state index contributed by atoms with van der Waals surface area (Å²) in [6.45, 7) is 6.34. The van der Waals surface area contributed by atoms with Gasteiger partial charge >= 0.3 is 0 Å². The summed E-state index contributed by atoms with van der Waals surface area (Å²) >= 11 is 0. The predicted molar refractivity (Wildman–Crippen MR) is 149 cm³/mol. The Balaban J connectivity index is 0.930. The second-order valence-corrected chi connectivity index (χ2v) is 11.2. The number of hydrogen-bond acceptors (Lipinski definition) is 7. The third-order valence-corrected chi connectivity index (χ3v) is 8.75. The maximum atomic E-state index is 13.3. The van der Waals surface area contributed by atoms with Crippen molar-refractivity contribution < 1.29 is 19.0 Å². The Morgan fingerprint density at radius 1 is 1.03 bits per heavy atom. The number of nitrogens with one attached hydrogen (secondary N) is 1. The van der Waals surface area contributed by atoms with Gasteiger partial charge < -0.3 is 24.4 Å². The topological polar surface area (TPSA) is 76.2 Å². The van der Waals surface area contributed by atoms with Crippen molar-refractivity contribution in [1.82, 2.24) is 15.2 Å². The average Bonchev–Trinajstić information content (AvgIpc) is 3.69. The number of pyridine rings is 1. The highest BCUT2D eigenvalue weighted by Gasteiger charge is 2.31. The largest absolute Gasteiger partial charge is 0.493 e. The summed E-state index contributed by atoms with van der Waals surface area (Å²) in [7, 11) is 0. The molecule has 8 heteroatoms. The van der Waals surface area contributed by atoms with E-state index in [1.54, 1.807) is 6.26 Å². The molecule has 1 atom stereocenters. The molecule has 208 valence electrons. The lowest BCUT2D eigenvalue weighted by molar-refractivity contribution is -0.126. The van der Waals surface area contributed by atoms with Gasteiger partial charge in [0.1, 0.15) is 29.5 Å². The van der Waals surface area contributed by atoms with Crippen LogP contribution in [0, 0.1) is 11.8 Å². The van der Waals surface area contributed by atoms with Crippen molar-refractivity contribution in [2.45, 2.75) is 51.0 Å². The van der Waals surface area contributed by atoms with Crippen molar-refractivity contribution in [2.24, 2.45) is 11.8 Å². The van der Waals surface area contributed by atoms with Gasteiger partial charge in [0.2, 0.25) is 12.7 Å². The number of aromatic nitrogens is 1. The van der Waals surface area contributed by atoms with E-state index in [-0.39, 0.29) is 24.7 Å². The lowest BCUT2D eigenvalue weighted by Gasteiger charge is -2.37. The van der Waals surface area contributed by atoms with E-state index < -0.39 is 0 Å². The minimum Gasteiger partial charge on any atom is -0.493 e. The van der Waals surface area contributed by atoms with E-state index in [9.17, 15) is 4.79 Å². The number of hydrogen-bond donors (Lipinski definition) is 1. The smallest absolute Gasteiger partial charge is 0.231 e. The van der Waals surface area contributed by atoms with Crippen molar-refractivity contribution in [2.75, 3.05) is 51.0 Å². The Morgan fingerprint density at radius 2 is 1.85 bits per heavy atom. The highest BCUT2D eigenvalue weighted by Crippen LogP contribution is 2.33. The summed E-state index contributed by atoms with van der Waals surface area (Å²) in [4.78, 5) is 23.0. The van der Waals surface area contributed by atoms with Crippen molar-refractivity contribution >= 4 is 11.7 Å². The molecule has 2 fully saturated rings. The van der Waals surface area contributed by atoms with Crippen LogP contribution in [0.5, 0.6) is 5.75 Å². The van der Waals surface area contributed by atoms with E-state index in [2.05, 4.69) is 32.2 Å². The lowest BCUT2D eigenvalue weighted by Crippen LogP contribution is -2.47. The maximum Gasteiger partial charge on any atom is 0.231 e. The number of carbonyl (C=O) groups excluding carboxylic acids is 1. The maximum absolute atomic E-state index is 13.3. The SMILES string of the molecule is O=C(NC1CCC(CCN2CCN(c3nccc4c3CCO4)CC2)CC1)C(Cc1ccccc1)C1=COCO1. The van der Waals surface area contributed by atoms with Crippen molar-refractivity contribution in [3.63, 3.8) is 0 Å². The van der Waals surface area contributed by atoms with Gasteiger partial charge in [0, 0.05) is 50.4 Å². The molecule has 4 heterocycles. The van der Waals surface area contributed by atoms with Crippen LogP contribution in [-0.2, 0) is 27.1 Å². The summed E-state index contributed by atoms with van der Waals surface area (Å²) in [6.07, 6.45) is 10.7. The zero-order chi connectivity index (χ0) is 26.4. The molecule has 1 aliphatic carbocycles. The molecule has 0 bridgehead atoms. The van der Waals surface area contributed by atoms with E-state index in [0.717, 1.165) is 81.6 Å². The van der Waals surface area contributed by atoms with Crippen molar-refractivity contribution in [3.8, 4) is 5.75 Å². The normalized spacial score (nSPS) is 23.7. The molecule has 39 heavy (non-hydrogen) atoms. The highest BCUT2D eigenvalue weighted by molar-refractivity contribution is 5.81. The molecule has 0 spiro atoms. The average molecular weight is 533 g/mol. The van der Waals surface area contributed by atoms with Gasteiger partial charge in [-0.1, -0.05) is 30.3 Å². The van der Waals surface area contributed by atoms with Crippen LogP contribution in [0.2, 0.25) is 0 Å². The summed E-state index contributed by atoms with van der Waals surface area (Å²) in [6, 6.07) is 12.3. The fourth-order valence-corrected chi connectivity index (χ4v) is 6.42. The molecule has 1 unspecified atom stereocenters. The zero-order valence-corrected chi connectivity index (χ0v) is 22.7. The molecule has 6 rings (SSSR count). The first-order chi connectivity index (χ1) is 19.2. The Labute approximate surface area is 231 Å². The Morgan fingerprint density at radius 3 is 2.62 bits per heavy atom. The van der Waals surface area contributed by atoms with Gasteiger partial charge in [0.25, 0.3) is 0 Å². The van der Waals surface area contributed by atoms with Gasteiger partial charge in [-0.25, -0.2) is 4.98 Å². The summed E-state index contributed by atoms with van der Waals surface area (Å²) < 4.78 is 16.6. The van der Waals surface area contributed by atoms with Crippen LogP contribution in [0.25, 0.3) is 0 Å². The van der Waals surface area contributed by atoms with Gasteiger partial charge in [0.15, 0.2) is 0 Å². The molecule has 1 saturated heterocycles. The van der Waals surface area contributed by atoms with Gasteiger partial charge in [-0.15, -0.1) is 0 Å². The molecule has 1 amide bonds. The highest BCUT2D eigenvalue weighted by atomic mass is 16.7. The second-order valence-electron chi connectivity index (χ2n) is 11.2. The van der Waals surface area contributed by atoms with E-state index in [0.29, 0.717) is 12.2 Å². The molecule has 4 aliphatic rings.